The number of benzene rings is 1. The molecule has 5 heteroatoms. The first kappa shape index (κ1) is 11.0. The lowest BCUT2D eigenvalue weighted by Crippen LogP contribution is -2.28. The van der Waals surface area contributed by atoms with Crippen molar-refractivity contribution in [3.63, 3.8) is 0 Å². The Morgan fingerprint density at radius 3 is 2.83 bits per heavy atom. The fourth-order valence-electron chi connectivity index (χ4n) is 1.96. The molecule has 3 rings (SSSR count). The van der Waals surface area contributed by atoms with E-state index in [2.05, 4.69) is 5.43 Å². The Balaban J connectivity index is 2.07. The van der Waals surface area contributed by atoms with E-state index >= 15 is 0 Å². The molecule has 0 aliphatic heterocycles. The molecule has 0 aliphatic rings. The molecule has 0 amide bonds. The molecule has 0 spiro atoms. The van der Waals surface area contributed by atoms with E-state index < -0.39 is 0 Å². The van der Waals surface area contributed by atoms with Gasteiger partial charge in [-0.05, 0) is 30.3 Å². The summed E-state index contributed by atoms with van der Waals surface area (Å²) in [5.74, 6) is 5.84. The van der Waals surface area contributed by atoms with Gasteiger partial charge in [-0.15, -0.1) is 0 Å². The lowest BCUT2D eigenvalue weighted by molar-refractivity contribution is 0.472. The number of hydrogen-bond acceptors (Lipinski definition) is 4. The van der Waals surface area contributed by atoms with Gasteiger partial charge >= 0.3 is 0 Å². The second-order valence-corrected chi connectivity index (χ2v) is 3.99. The number of fused-ring (bicyclic) bond motifs is 1. The maximum atomic E-state index is 13.1. The number of rotatable bonds is 3. The number of halogens is 1. The summed E-state index contributed by atoms with van der Waals surface area (Å²) in [5.41, 5.74) is 4.11. The van der Waals surface area contributed by atoms with Gasteiger partial charge in [0.25, 0.3) is 0 Å². The molecule has 0 aliphatic carbocycles. The molecule has 0 fully saturated rings. The van der Waals surface area contributed by atoms with E-state index in [1.807, 2.05) is 0 Å². The maximum absolute atomic E-state index is 13.1. The quantitative estimate of drug-likeness (QED) is 0.551. The number of nitrogens with one attached hydrogen (secondary N) is 1. The number of hydrogen-bond donors (Lipinski definition) is 2. The molecule has 18 heavy (non-hydrogen) atoms. The van der Waals surface area contributed by atoms with Crippen molar-refractivity contribution in [2.45, 2.75) is 6.04 Å². The zero-order chi connectivity index (χ0) is 12.5. The highest BCUT2D eigenvalue weighted by molar-refractivity contribution is 5.78. The van der Waals surface area contributed by atoms with Crippen LogP contribution in [0.1, 0.15) is 17.4 Å². The fourth-order valence-corrected chi connectivity index (χ4v) is 1.96. The molecule has 3 N–H and O–H groups in total. The normalized spacial score (nSPS) is 13.0. The number of nitrogens with two attached hydrogens (primary N) is 1. The second-order valence-electron chi connectivity index (χ2n) is 3.99. The van der Waals surface area contributed by atoms with Gasteiger partial charge in [0, 0.05) is 10.9 Å². The van der Waals surface area contributed by atoms with Crippen molar-refractivity contribution in [1.29, 1.82) is 0 Å². The maximum Gasteiger partial charge on any atom is 0.134 e. The Labute approximate surface area is 102 Å². The van der Waals surface area contributed by atoms with Crippen LogP contribution in [0, 0.1) is 5.82 Å². The summed E-state index contributed by atoms with van der Waals surface area (Å²) in [6.07, 6.45) is 3.14. The van der Waals surface area contributed by atoms with E-state index in [0.29, 0.717) is 16.7 Å². The van der Waals surface area contributed by atoms with Gasteiger partial charge in [-0.25, -0.2) is 9.82 Å². The smallest absolute Gasteiger partial charge is 0.134 e. The van der Waals surface area contributed by atoms with Crippen molar-refractivity contribution >= 4 is 11.0 Å². The minimum atomic E-state index is -0.320. The third-order valence-corrected chi connectivity index (χ3v) is 2.83. The van der Waals surface area contributed by atoms with Crippen LogP contribution in [0.2, 0.25) is 0 Å². The van der Waals surface area contributed by atoms with Gasteiger partial charge in [0.2, 0.25) is 0 Å². The molecule has 0 bridgehead atoms. The molecular weight excluding hydrogens is 235 g/mol. The first-order valence-corrected chi connectivity index (χ1v) is 5.45. The summed E-state index contributed by atoms with van der Waals surface area (Å²) in [7, 11) is 0. The Bertz CT molecular complexity index is 661. The van der Waals surface area contributed by atoms with Crippen molar-refractivity contribution in [3.8, 4) is 0 Å². The summed E-state index contributed by atoms with van der Waals surface area (Å²) >= 11 is 0. The molecular formula is C13H11FN2O2. The molecule has 3 aromatic rings. The van der Waals surface area contributed by atoms with Crippen molar-refractivity contribution in [2.24, 2.45) is 5.84 Å². The third-order valence-electron chi connectivity index (χ3n) is 2.83. The minimum Gasteiger partial charge on any atom is -0.472 e. The first-order valence-electron chi connectivity index (χ1n) is 5.45. The van der Waals surface area contributed by atoms with E-state index in [9.17, 15) is 4.39 Å². The van der Waals surface area contributed by atoms with Gasteiger partial charge in [0.05, 0.1) is 12.5 Å². The standard InChI is InChI=1S/C13H11FN2O2/c14-10-1-2-11-9(5-10)6-12(18-11)13(16-15)8-3-4-17-7-8/h1-7,13,16H,15H2. The Morgan fingerprint density at radius 2 is 2.11 bits per heavy atom. The summed E-state index contributed by atoms with van der Waals surface area (Å²) < 4.78 is 23.8. The molecule has 0 saturated heterocycles. The molecule has 2 aromatic heterocycles. The Hall–Kier alpha value is -2.11. The van der Waals surface area contributed by atoms with Crippen LogP contribution >= 0.6 is 0 Å². The monoisotopic (exact) mass is 246 g/mol. The van der Waals surface area contributed by atoms with Crippen LogP contribution in [0.15, 0.2) is 51.7 Å². The van der Waals surface area contributed by atoms with Gasteiger partial charge in [0.1, 0.15) is 23.2 Å². The molecule has 0 radical (unpaired) electrons. The molecule has 0 saturated carbocycles. The van der Waals surface area contributed by atoms with Gasteiger partial charge in [-0.3, -0.25) is 5.84 Å². The zero-order valence-corrected chi connectivity index (χ0v) is 9.39. The molecule has 1 aromatic carbocycles. The number of hydrazine groups is 1. The highest BCUT2D eigenvalue weighted by Crippen LogP contribution is 2.28. The second kappa shape index (κ2) is 4.29. The van der Waals surface area contributed by atoms with Crippen molar-refractivity contribution in [1.82, 2.24) is 5.43 Å². The summed E-state index contributed by atoms with van der Waals surface area (Å²) in [6.45, 7) is 0. The van der Waals surface area contributed by atoms with Crippen LogP contribution in [-0.4, -0.2) is 0 Å². The predicted octanol–water partition coefficient (Wildman–Crippen LogP) is 2.72. The average Bonchev–Trinajstić information content (AvgIpc) is 2.98. The van der Waals surface area contributed by atoms with E-state index in [0.717, 1.165) is 5.56 Å². The van der Waals surface area contributed by atoms with Gasteiger partial charge in [-0.2, -0.15) is 0 Å². The summed E-state index contributed by atoms with van der Waals surface area (Å²) in [5, 5.41) is 0.703. The van der Waals surface area contributed by atoms with Gasteiger partial charge < -0.3 is 8.83 Å². The Morgan fingerprint density at radius 1 is 1.22 bits per heavy atom. The van der Waals surface area contributed by atoms with Crippen LogP contribution in [0.3, 0.4) is 0 Å². The summed E-state index contributed by atoms with van der Waals surface area (Å²) in [6, 6.07) is 7.61. The van der Waals surface area contributed by atoms with Crippen LogP contribution in [0.4, 0.5) is 4.39 Å². The fraction of sp³-hybridized carbons (Fsp3) is 0.0769. The van der Waals surface area contributed by atoms with Crippen LogP contribution in [0.25, 0.3) is 11.0 Å². The van der Waals surface area contributed by atoms with Gasteiger partial charge in [-0.1, -0.05) is 0 Å². The average molecular weight is 246 g/mol. The largest absolute Gasteiger partial charge is 0.472 e. The Kier molecular flexibility index (Phi) is 2.62. The predicted molar refractivity (Wildman–Crippen MR) is 64.0 cm³/mol. The lowest BCUT2D eigenvalue weighted by atomic mass is 10.1. The highest BCUT2D eigenvalue weighted by Gasteiger charge is 2.18. The van der Waals surface area contributed by atoms with Crippen molar-refractivity contribution in [3.05, 3.63) is 60.0 Å². The molecule has 92 valence electrons. The van der Waals surface area contributed by atoms with E-state index in [4.69, 9.17) is 14.7 Å². The topological polar surface area (TPSA) is 64.3 Å². The minimum absolute atomic E-state index is 0.296. The van der Waals surface area contributed by atoms with Crippen molar-refractivity contribution in [2.75, 3.05) is 0 Å². The molecule has 1 unspecified atom stereocenters. The molecule has 1 atom stereocenters. The third kappa shape index (κ3) is 1.79. The lowest BCUT2D eigenvalue weighted by Gasteiger charge is -2.10. The first-order chi connectivity index (χ1) is 8.78. The highest BCUT2D eigenvalue weighted by atomic mass is 19.1. The van der Waals surface area contributed by atoms with E-state index in [1.54, 1.807) is 30.7 Å². The molecule has 4 nitrogen and oxygen atoms in total. The van der Waals surface area contributed by atoms with Crippen LogP contribution in [-0.2, 0) is 0 Å². The SMILES string of the molecule is NNC(c1ccoc1)c1cc2cc(F)ccc2o1. The van der Waals surface area contributed by atoms with E-state index in [-0.39, 0.29) is 11.9 Å². The van der Waals surface area contributed by atoms with Crippen LogP contribution in [0.5, 0.6) is 0 Å². The van der Waals surface area contributed by atoms with Gasteiger partial charge in [0.15, 0.2) is 0 Å². The van der Waals surface area contributed by atoms with Crippen LogP contribution < -0.4 is 11.3 Å². The zero-order valence-electron chi connectivity index (χ0n) is 9.39. The van der Waals surface area contributed by atoms with E-state index in [1.165, 1.54) is 12.1 Å². The molecule has 2 heterocycles. The summed E-state index contributed by atoms with van der Waals surface area (Å²) in [4.78, 5) is 0. The van der Waals surface area contributed by atoms with Crippen molar-refractivity contribution < 1.29 is 13.2 Å². The number of furan rings is 2.